The largest absolute Gasteiger partial charge is 0.495 e. The van der Waals surface area contributed by atoms with Gasteiger partial charge in [-0.2, -0.15) is 4.31 Å². The third-order valence-electron chi connectivity index (χ3n) is 5.27. The number of hydrogen-bond acceptors (Lipinski definition) is 7. The van der Waals surface area contributed by atoms with Crippen molar-refractivity contribution in [2.24, 2.45) is 0 Å². The average Bonchev–Trinajstić information content (AvgIpc) is 2.86. The van der Waals surface area contributed by atoms with Crippen LogP contribution in [0.25, 0.3) is 6.08 Å². The van der Waals surface area contributed by atoms with Gasteiger partial charge in [0.25, 0.3) is 0 Å². The zero-order valence-corrected chi connectivity index (χ0v) is 19.0. The number of fused-ring (bicyclic) bond motifs is 1. The SMILES string of the molecule is COc1ccc(/C=C/C(=O)NC[C@H]2COc3ccccc3O2)cc1S(=O)(=O)N1CCOCC1. The molecule has 2 heterocycles. The molecule has 176 valence electrons. The standard InChI is InChI=1S/C23H26N2O7S/c1-29-21-8-6-17(14-22(21)33(27,28)25-10-12-30-13-11-25)7-9-23(26)24-15-18-16-31-19-4-2-3-5-20(19)32-18/h2-9,14,18H,10-13,15-16H2,1H3,(H,24,26)/b9-7+/t18-/m0/s1. The number of ether oxygens (including phenoxy) is 4. The minimum atomic E-state index is -3.75. The molecule has 9 nitrogen and oxygen atoms in total. The number of hydrogen-bond donors (Lipinski definition) is 1. The van der Waals surface area contributed by atoms with Gasteiger partial charge in [-0.1, -0.05) is 18.2 Å². The van der Waals surface area contributed by atoms with Gasteiger partial charge in [-0.3, -0.25) is 4.79 Å². The third-order valence-corrected chi connectivity index (χ3v) is 7.19. The normalized spacial score (nSPS) is 18.8. The van der Waals surface area contributed by atoms with Crippen molar-refractivity contribution in [3.63, 3.8) is 0 Å². The Hall–Kier alpha value is -3.08. The van der Waals surface area contributed by atoms with Crippen molar-refractivity contribution in [1.29, 1.82) is 0 Å². The van der Waals surface area contributed by atoms with Gasteiger partial charge in [-0.25, -0.2) is 8.42 Å². The molecule has 0 bridgehead atoms. The number of benzene rings is 2. The predicted octanol–water partition coefficient (Wildman–Crippen LogP) is 1.69. The molecule has 2 aromatic rings. The number of nitrogens with one attached hydrogen (secondary N) is 1. The van der Waals surface area contributed by atoms with Crippen LogP contribution in [0.2, 0.25) is 0 Å². The van der Waals surface area contributed by atoms with Gasteiger partial charge in [0.15, 0.2) is 11.5 Å². The second-order valence-electron chi connectivity index (χ2n) is 7.50. The van der Waals surface area contributed by atoms with Crippen LogP contribution in [0.15, 0.2) is 53.4 Å². The first-order valence-corrected chi connectivity index (χ1v) is 12.0. The smallest absolute Gasteiger partial charge is 0.246 e. The lowest BCUT2D eigenvalue weighted by atomic mass is 10.2. The lowest BCUT2D eigenvalue weighted by Crippen LogP contribution is -2.40. The van der Waals surface area contributed by atoms with E-state index in [1.807, 2.05) is 24.3 Å². The van der Waals surface area contributed by atoms with E-state index in [1.165, 1.54) is 23.6 Å². The zero-order chi connectivity index (χ0) is 23.3. The van der Waals surface area contributed by atoms with Crippen LogP contribution in [0, 0.1) is 0 Å². The van der Waals surface area contributed by atoms with E-state index in [9.17, 15) is 13.2 Å². The number of rotatable bonds is 7. The first-order valence-electron chi connectivity index (χ1n) is 10.6. The maximum absolute atomic E-state index is 13.1. The Morgan fingerprint density at radius 2 is 1.94 bits per heavy atom. The summed E-state index contributed by atoms with van der Waals surface area (Å²) in [5, 5.41) is 2.78. The van der Waals surface area contributed by atoms with Gasteiger partial charge in [-0.05, 0) is 35.9 Å². The minimum absolute atomic E-state index is 0.0564. The van der Waals surface area contributed by atoms with Crippen molar-refractivity contribution in [3.8, 4) is 17.2 Å². The van der Waals surface area contributed by atoms with Crippen molar-refractivity contribution in [1.82, 2.24) is 9.62 Å². The summed E-state index contributed by atoms with van der Waals surface area (Å²) in [4.78, 5) is 12.4. The molecule has 0 saturated carbocycles. The number of amides is 1. The van der Waals surface area contributed by atoms with Gasteiger partial charge in [0.2, 0.25) is 15.9 Å². The van der Waals surface area contributed by atoms with Gasteiger partial charge in [0.1, 0.15) is 23.4 Å². The molecule has 1 saturated heterocycles. The summed E-state index contributed by atoms with van der Waals surface area (Å²) in [6, 6.07) is 12.1. The van der Waals surface area contributed by atoms with Gasteiger partial charge in [-0.15, -0.1) is 0 Å². The Balaban J connectivity index is 1.39. The predicted molar refractivity (Wildman–Crippen MR) is 121 cm³/mol. The second kappa shape index (κ2) is 10.2. The van der Waals surface area contributed by atoms with E-state index in [1.54, 1.807) is 18.2 Å². The molecule has 2 aliphatic rings. The van der Waals surface area contributed by atoms with Crippen LogP contribution in [-0.4, -0.2) is 71.3 Å². The maximum Gasteiger partial charge on any atom is 0.246 e. The number of carbonyl (C=O) groups is 1. The number of sulfonamides is 1. The molecule has 10 heteroatoms. The Kier molecular flexibility index (Phi) is 7.17. The monoisotopic (exact) mass is 474 g/mol. The Bertz CT molecular complexity index is 1130. The Labute approximate surface area is 192 Å². The van der Waals surface area contributed by atoms with Crippen molar-refractivity contribution < 1.29 is 32.2 Å². The molecule has 0 unspecified atom stereocenters. The summed E-state index contributed by atoms with van der Waals surface area (Å²) in [6.45, 7) is 1.88. The summed E-state index contributed by atoms with van der Waals surface area (Å²) in [5.41, 5.74) is 0.559. The molecule has 0 radical (unpaired) electrons. The first-order chi connectivity index (χ1) is 16.0. The Morgan fingerprint density at radius 1 is 1.18 bits per heavy atom. The van der Waals surface area contributed by atoms with Crippen molar-refractivity contribution in [2.75, 3.05) is 46.6 Å². The van der Waals surface area contributed by atoms with E-state index in [2.05, 4.69) is 5.32 Å². The average molecular weight is 475 g/mol. The molecule has 2 aliphatic heterocycles. The molecule has 1 fully saturated rings. The van der Waals surface area contributed by atoms with Crippen molar-refractivity contribution in [2.45, 2.75) is 11.0 Å². The lowest BCUT2D eigenvalue weighted by molar-refractivity contribution is -0.116. The fourth-order valence-corrected chi connectivity index (χ4v) is 5.13. The molecule has 1 amide bonds. The molecule has 0 spiro atoms. The molecule has 0 aliphatic carbocycles. The zero-order valence-electron chi connectivity index (χ0n) is 18.2. The van der Waals surface area contributed by atoms with Crippen LogP contribution >= 0.6 is 0 Å². The lowest BCUT2D eigenvalue weighted by Gasteiger charge is -2.26. The molecule has 1 atom stereocenters. The maximum atomic E-state index is 13.1. The number of methoxy groups -OCH3 is 1. The molecule has 2 aromatic carbocycles. The van der Waals surface area contributed by atoms with Gasteiger partial charge in [0.05, 0.1) is 26.9 Å². The molecule has 0 aromatic heterocycles. The summed E-state index contributed by atoms with van der Waals surface area (Å²) >= 11 is 0. The van der Waals surface area contributed by atoms with Crippen molar-refractivity contribution in [3.05, 3.63) is 54.1 Å². The van der Waals surface area contributed by atoms with Gasteiger partial charge < -0.3 is 24.3 Å². The van der Waals surface area contributed by atoms with Gasteiger partial charge >= 0.3 is 0 Å². The highest BCUT2D eigenvalue weighted by Crippen LogP contribution is 2.31. The molecule has 4 rings (SSSR count). The molecular formula is C23H26N2O7S. The Morgan fingerprint density at radius 3 is 2.70 bits per heavy atom. The van der Waals surface area contributed by atoms with Crippen LogP contribution in [0.5, 0.6) is 17.2 Å². The van der Waals surface area contributed by atoms with Crippen LogP contribution in [0.4, 0.5) is 0 Å². The van der Waals surface area contributed by atoms with E-state index in [-0.39, 0.29) is 42.3 Å². The van der Waals surface area contributed by atoms with Crippen LogP contribution in [0.1, 0.15) is 5.56 Å². The van der Waals surface area contributed by atoms with E-state index in [4.69, 9.17) is 18.9 Å². The van der Waals surface area contributed by atoms with E-state index < -0.39 is 10.0 Å². The number of morpholine rings is 1. The van der Waals surface area contributed by atoms with Crippen LogP contribution < -0.4 is 19.5 Å². The summed E-state index contributed by atoms with van der Waals surface area (Å²) < 4.78 is 49.5. The molecule has 33 heavy (non-hydrogen) atoms. The fourth-order valence-electron chi connectivity index (χ4n) is 3.53. The first kappa shape index (κ1) is 23.1. The van der Waals surface area contributed by atoms with Gasteiger partial charge in [0, 0.05) is 19.2 Å². The van der Waals surface area contributed by atoms with E-state index in [0.29, 0.717) is 36.9 Å². The fraction of sp³-hybridized carbons (Fsp3) is 0.348. The highest BCUT2D eigenvalue weighted by molar-refractivity contribution is 7.89. The minimum Gasteiger partial charge on any atom is -0.495 e. The summed E-state index contributed by atoms with van der Waals surface area (Å²) in [6.07, 6.45) is 2.61. The third kappa shape index (κ3) is 5.47. The highest BCUT2D eigenvalue weighted by atomic mass is 32.2. The molecule has 1 N–H and O–H groups in total. The number of nitrogens with zero attached hydrogens (tertiary/aromatic N) is 1. The molecular weight excluding hydrogens is 448 g/mol. The second-order valence-corrected chi connectivity index (χ2v) is 9.41. The van der Waals surface area contributed by atoms with Crippen LogP contribution in [-0.2, 0) is 19.6 Å². The summed E-state index contributed by atoms with van der Waals surface area (Å²) in [5.74, 6) is 1.25. The number of para-hydroxylation sites is 2. The topological polar surface area (TPSA) is 103 Å². The number of carbonyl (C=O) groups excluding carboxylic acids is 1. The van der Waals surface area contributed by atoms with E-state index >= 15 is 0 Å². The summed E-state index contributed by atoms with van der Waals surface area (Å²) in [7, 11) is -2.33. The van der Waals surface area contributed by atoms with E-state index in [0.717, 1.165) is 0 Å². The van der Waals surface area contributed by atoms with Crippen LogP contribution in [0.3, 0.4) is 0 Å². The highest BCUT2D eigenvalue weighted by Gasteiger charge is 2.29. The van der Waals surface area contributed by atoms with Crippen molar-refractivity contribution >= 4 is 22.0 Å². The quantitative estimate of drug-likeness (QED) is 0.609.